The fourth-order valence-electron chi connectivity index (χ4n) is 1.74. The van der Waals surface area contributed by atoms with Crippen LogP contribution in [0.5, 0.6) is 5.75 Å². The van der Waals surface area contributed by atoms with Crippen LogP contribution >= 0.6 is 11.8 Å². The first-order valence-electron chi connectivity index (χ1n) is 5.88. The van der Waals surface area contributed by atoms with E-state index in [9.17, 15) is 18.0 Å². The second-order valence-corrected chi connectivity index (χ2v) is 5.18. The normalized spacial score (nSPS) is 18.9. The molecule has 0 spiro atoms. The Labute approximate surface area is 118 Å². The molecule has 1 atom stereocenters. The number of para-hydroxylation sites is 1. The molecule has 8 heteroatoms. The molecule has 0 bridgehead atoms. The number of ether oxygens (including phenoxy) is 1. The molecule has 1 fully saturated rings. The van der Waals surface area contributed by atoms with Crippen molar-refractivity contribution in [3.63, 3.8) is 0 Å². The van der Waals surface area contributed by atoms with Gasteiger partial charge in [0.1, 0.15) is 5.75 Å². The van der Waals surface area contributed by atoms with E-state index in [1.807, 2.05) is 0 Å². The molecule has 1 amide bonds. The van der Waals surface area contributed by atoms with E-state index in [1.54, 1.807) is 17.8 Å². The molecule has 0 saturated carbocycles. The fraction of sp³-hybridized carbons (Fsp3) is 0.417. The minimum Gasteiger partial charge on any atom is -0.405 e. The molecule has 2 rings (SSSR count). The summed E-state index contributed by atoms with van der Waals surface area (Å²) in [6.45, 7) is -0.00602. The molecule has 1 unspecified atom stereocenters. The van der Waals surface area contributed by atoms with Crippen LogP contribution in [0.15, 0.2) is 24.3 Å². The fourth-order valence-corrected chi connectivity index (χ4v) is 2.69. The highest BCUT2D eigenvalue weighted by Crippen LogP contribution is 2.26. The van der Waals surface area contributed by atoms with Crippen molar-refractivity contribution in [2.75, 3.05) is 11.6 Å². The van der Waals surface area contributed by atoms with E-state index in [4.69, 9.17) is 0 Å². The largest absolute Gasteiger partial charge is 0.573 e. The van der Waals surface area contributed by atoms with Crippen LogP contribution in [-0.4, -0.2) is 29.9 Å². The summed E-state index contributed by atoms with van der Waals surface area (Å²) in [5, 5.41) is 5.59. The molecule has 20 heavy (non-hydrogen) atoms. The maximum absolute atomic E-state index is 12.2. The van der Waals surface area contributed by atoms with Crippen LogP contribution in [0.25, 0.3) is 0 Å². The van der Waals surface area contributed by atoms with Crippen LogP contribution in [0, 0.1) is 0 Å². The second-order valence-electron chi connectivity index (χ2n) is 4.15. The zero-order valence-electron chi connectivity index (χ0n) is 10.4. The zero-order chi connectivity index (χ0) is 14.6. The quantitative estimate of drug-likeness (QED) is 0.891. The summed E-state index contributed by atoms with van der Waals surface area (Å²) in [6, 6.07) is 5.45. The Morgan fingerprint density at radius 3 is 2.85 bits per heavy atom. The van der Waals surface area contributed by atoms with Crippen molar-refractivity contribution in [3.05, 3.63) is 29.8 Å². The molecule has 4 nitrogen and oxygen atoms in total. The van der Waals surface area contributed by atoms with Gasteiger partial charge >= 0.3 is 6.36 Å². The number of alkyl halides is 3. The molecule has 1 heterocycles. The van der Waals surface area contributed by atoms with Crippen molar-refractivity contribution in [1.29, 1.82) is 0 Å². The third kappa shape index (κ3) is 4.31. The Balaban J connectivity index is 1.96. The lowest BCUT2D eigenvalue weighted by atomic mass is 10.2. The summed E-state index contributed by atoms with van der Waals surface area (Å²) >= 11 is 1.60. The SMILES string of the molecule is O=C(NCc1ccccc1OC(F)(F)F)C1CSCN1. The van der Waals surface area contributed by atoms with Crippen LogP contribution in [-0.2, 0) is 11.3 Å². The molecule has 0 aliphatic carbocycles. The van der Waals surface area contributed by atoms with Gasteiger partial charge in [0, 0.05) is 23.7 Å². The average Bonchev–Trinajstić information content (AvgIpc) is 2.89. The van der Waals surface area contributed by atoms with Gasteiger partial charge in [-0.15, -0.1) is 24.9 Å². The van der Waals surface area contributed by atoms with Crippen LogP contribution in [0.4, 0.5) is 13.2 Å². The van der Waals surface area contributed by atoms with E-state index in [1.165, 1.54) is 18.2 Å². The maximum atomic E-state index is 12.2. The van der Waals surface area contributed by atoms with E-state index in [0.717, 1.165) is 0 Å². The van der Waals surface area contributed by atoms with Gasteiger partial charge in [-0.3, -0.25) is 10.1 Å². The molecular weight excluding hydrogens is 293 g/mol. The molecule has 0 aromatic heterocycles. The van der Waals surface area contributed by atoms with Gasteiger partial charge in [0.05, 0.1) is 6.04 Å². The van der Waals surface area contributed by atoms with E-state index < -0.39 is 6.36 Å². The van der Waals surface area contributed by atoms with Gasteiger partial charge in [-0.25, -0.2) is 0 Å². The molecule has 1 saturated heterocycles. The lowest BCUT2D eigenvalue weighted by Crippen LogP contribution is -2.41. The third-order valence-corrected chi connectivity index (χ3v) is 3.62. The molecule has 1 aromatic rings. The van der Waals surface area contributed by atoms with Gasteiger partial charge in [-0.2, -0.15) is 0 Å². The van der Waals surface area contributed by atoms with Gasteiger partial charge in [-0.05, 0) is 6.07 Å². The number of halogens is 3. The number of nitrogens with one attached hydrogen (secondary N) is 2. The first-order chi connectivity index (χ1) is 9.46. The molecular formula is C12H13F3N2O2S. The smallest absolute Gasteiger partial charge is 0.405 e. The zero-order valence-corrected chi connectivity index (χ0v) is 11.2. The van der Waals surface area contributed by atoms with Gasteiger partial charge in [-0.1, -0.05) is 18.2 Å². The third-order valence-electron chi connectivity index (χ3n) is 2.68. The minimum absolute atomic E-state index is 0.00602. The Morgan fingerprint density at radius 1 is 1.45 bits per heavy atom. The first-order valence-corrected chi connectivity index (χ1v) is 7.03. The predicted molar refractivity (Wildman–Crippen MR) is 69.2 cm³/mol. The van der Waals surface area contributed by atoms with E-state index in [0.29, 0.717) is 11.6 Å². The van der Waals surface area contributed by atoms with Crippen molar-refractivity contribution in [2.24, 2.45) is 0 Å². The Morgan fingerprint density at radius 2 is 2.20 bits per heavy atom. The van der Waals surface area contributed by atoms with Crippen molar-refractivity contribution in [3.8, 4) is 5.75 Å². The Kier molecular flexibility index (Phi) is 4.77. The van der Waals surface area contributed by atoms with E-state index >= 15 is 0 Å². The summed E-state index contributed by atoms with van der Waals surface area (Å²) < 4.78 is 40.7. The van der Waals surface area contributed by atoms with E-state index in [-0.39, 0.29) is 29.8 Å². The lowest BCUT2D eigenvalue weighted by molar-refractivity contribution is -0.274. The highest BCUT2D eigenvalue weighted by molar-refractivity contribution is 7.99. The Hall–Kier alpha value is -1.41. The number of thioether (sulfide) groups is 1. The standard InChI is InChI=1S/C12H13F3N2O2S/c13-12(14,15)19-10-4-2-1-3-8(10)5-16-11(18)9-6-20-7-17-9/h1-4,9,17H,5-7H2,(H,16,18). The average molecular weight is 306 g/mol. The molecule has 2 N–H and O–H groups in total. The lowest BCUT2D eigenvalue weighted by Gasteiger charge is -2.15. The summed E-state index contributed by atoms with van der Waals surface area (Å²) in [5.74, 6) is 0.837. The number of hydrogen-bond acceptors (Lipinski definition) is 4. The van der Waals surface area contributed by atoms with Crippen LogP contribution in [0.3, 0.4) is 0 Å². The molecule has 1 aliphatic heterocycles. The van der Waals surface area contributed by atoms with Crippen LogP contribution < -0.4 is 15.4 Å². The number of rotatable bonds is 4. The first kappa shape index (κ1) is 15.0. The molecule has 0 radical (unpaired) electrons. The molecule has 1 aromatic carbocycles. The van der Waals surface area contributed by atoms with Crippen molar-refractivity contribution >= 4 is 17.7 Å². The number of carbonyl (C=O) groups excluding carboxylic acids is 1. The maximum Gasteiger partial charge on any atom is 0.573 e. The topological polar surface area (TPSA) is 50.4 Å². The Bertz CT molecular complexity index is 476. The summed E-state index contributed by atoms with van der Waals surface area (Å²) in [7, 11) is 0. The number of carbonyl (C=O) groups is 1. The molecule has 110 valence electrons. The highest BCUT2D eigenvalue weighted by Gasteiger charge is 2.32. The van der Waals surface area contributed by atoms with Gasteiger partial charge in [0.25, 0.3) is 0 Å². The minimum atomic E-state index is -4.75. The van der Waals surface area contributed by atoms with E-state index in [2.05, 4.69) is 15.4 Å². The summed E-state index contributed by atoms with van der Waals surface area (Å²) in [5.41, 5.74) is 0.281. The monoisotopic (exact) mass is 306 g/mol. The van der Waals surface area contributed by atoms with Gasteiger partial charge in [0.2, 0.25) is 5.91 Å². The second kappa shape index (κ2) is 6.36. The van der Waals surface area contributed by atoms with Crippen LogP contribution in [0.1, 0.15) is 5.56 Å². The van der Waals surface area contributed by atoms with Gasteiger partial charge < -0.3 is 10.1 Å². The highest BCUT2D eigenvalue weighted by atomic mass is 32.2. The van der Waals surface area contributed by atoms with Crippen molar-refractivity contribution in [2.45, 2.75) is 18.9 Å². The van der Waals surface area contributed by atoms with Crippen molar-refractivity contribution in [1.82, 2.24) is 10.6 Å². The number of hydrogen-bond donors (Lipinski definition) is 2. The van der Waals surface area contributed by atoms with Crippen LogP contribution in [0.2, 0.25) is 0 Å². The molecule has 1 aliphatic rings. The summed E-state index contributed by atoms with van der Waals surface area (Å²) in [6.07, 6.45) is -4.75. The number of amides is 1. The van der Waals surface area contributed by atoms with Crippen molar-refractivity contribution < 1.29 is 22.7 Å². The van der Waals surface area contributed by atoms with Gasteiger partial charge in [0.15, 0.2) is 0 Å². The number of benzene rings is 1. The predicted octanol–water partition coefficient (Wildman–Crippen LogP) is 1.86. The summed E-state index contributed by atoms with van der Waals surface area (Å²) in [4.78, 5) is 11.8.